The summed E-state index contributed by atoms with van der Waals surface area (Å²) in [4.78, 5) is 14.7. The normalized spacial score (nSPS) is 27.9. The van der Waals surface area contributed by atoms with Gasteiger partial charge in [0.15, 0.2) is 0 Å². The van der Waals surface area contributed by atoms with E-state index in [9.17, 15) is 4.79 Å². The van der Waals surface area contributed by atoms with Crippen molar-refractivity contribution in [3.63, 3.8) is 0 Å². The van der Waals surface area contributed by atoms with Gasteiger partial charge in [-0.05, 0) is 44.6 Å². The molecule has 3 nitrogen and oxygen atoms in total. The lowest BCUT2D eigenvalue weighted by molar-refractivity contribution is 0.0389. The van der Waals surface area contributed by atoms with E-state index < -0.39 is 0 Å². The number of hydrogen-bond acceptors (Lipinski definition) is 2. The molecule has 1 saturated carbocycles. The molecule has 2 aliphatic rings. The molecule has 18 heavy (non-hydrogen) atoms. The number of aryl methyl sites for hydroxylation is 1. The third-order valence-corrected chi connectivity index (χ3v) is 4.59. The van der Waals surface area contributed by atoms with E-state index in [-0.39, 0.29) is 5.91 Å². The maximum absolute atomic E-state index is 12.6. The first-order valence-corrected chi connectivity index (χ1v) is 7.12. The zero-order chi connectivity index (χ0) is 12.5. The predicted octanol–water partition coefficient (Wildman–Crippen LogP) is 3.38. The number of likely N-dealkylation sites (tertiary alicyclic amines) is 1. The Balaban J connectivity index is 1.82. The molecule has 0 aromatic carbocycles. The second-order valence-electron chi connectivity index (χ2n) is 5.64. The van der Waals surface area contributed by atoms with Gasteiger partial charge in [-0.1, -0.05) is 12.8 Å². The summed E-state index contributed by atoms with van der Waals surface area (Å²) < 4.78 is 5.26. The third kappa shape index (κ3) is 1.96. The smallest absolute Gasteiger partial charge is 0.257 e. The molecular weight excluding hydrogens is 226 g/mol. The summed E-state index contributed by atoms with van der Waals surface area (Å²) in [5, 5.41) is 0. The molecule has 1 aromatic heterocycles. The summed E-state index contributed by atoms with van der Waals surface area (Å²) in [6.45, 7) is 2.79. The van der Waals surface area contributed by atoms with Gasteiger partial charge >= 0.3 is 0 Å². The fourth-order valence-electron chi connectivity index (χ4n) is 3.64. The molecule has 0 bridgehead atoms. The van der Waals surface area contributed by atoms with Crippen LogP contribution in [0.2, 0.25) is 0 Å². The monoisotopic (exact) mass is 247 g/mol. The number of amides is 1. The summed E-state index contributed by atoms with van der Waals surface area (Å²) in [5.74, 6) is 1.67. The summed E-state index contributed by atoms with van der Waals surface area (Å²) in [6, 6.07) is 2.29. The molecule has 0 radical (unpaired) electrons. The van der Waals surface area contributed by atoms with Gasteiger partial charge in [-0.25, -0.2) is 0 Å². The van der Waals surface area contributed by atoms with Crippen LogP contribution in [0.15, 0.2) is 16.7 Å². The fraction of sp³-hybridized carbons (Fsp3) is 0.667. The standard InChI is InChI=1S/C15H21NO2/c1-11-13(8-10-18-11)15(17)16-9-4-6-12-5-2-3-7-14(12)16/h8,10,12,14H,2-7,9H2,1H3. The number of hydrogen-bond donors (Lipinski definition) is 0. The number of fused-ring (bicyclic) bond motifs is 1. The lowest BCUT2D eigenvalue weighted by atomic mass is 9.78. The van der Waals surface area contributed by atoms with E-state index in [0.717, 1.165) is 30.2 Å². The predicted molar refractivity (Wildman–Crippen MR) is 69.5 cm³/mol. The number of nitrogens with zero attached hydrogens (tertiary/aromatic N) is 1. The lowest BCUT2D eigenvalue weighted by Gasteiger charge is -2.44. The molecule has 0 spiro atoms. The molecule has 1 aromatic rings. The van der Waals surface area contributed by atoms with Crippen LogP contribution in [-0.2, 0) is 0 Å². The number of carbonyl (C=O) groups is 1. The Morgan fingerprint density at radius 3 is 2.83 bits per heavy atom. The summed E-state index contributed by atoms with van der Waals surface area (Å²) in [6.07, 6.45) is 9.18. The van der Waals surface area contributed by atoms with Crippen molar-refractivity contribution < 1.29 is 9.21 Å². The van der Waals surface area contributed by atoms with Crippen molar-refractivity contribution in [2.45, 2.75) is 51.5 Å². The van der Waals surface area contributed by atoms with Gasteiger partial charge in [0, 0.05) is 12.6 Å². The Bertz CT molecular complexity index is 435. The highest BCUT2D eigenvalue weighted by atomic mass is 16.3. The minimum atomic E-state index is 0.179. The van der Waals surface area contributed by atoms with Crippen LogP contribution in [0.1, 0.15) is 54.6 Å². The first-order chi connectivity index (χ1) is 8.77. The van der Waals surface area contributed by atoms with Crippen molar-refractivity contribution in [1.82, 2.24) is 4.90 Å². The first kappa shape index (κ1) is 11.8. The number of carbonyl (C=O) groups excluding carboxylic acids is 1. The van der Waals surface area contributed by atoms with Crippen molar-refractivity contribution in [2.24, 2.45) is 5.92 Å². The molecular formula is C15H21NO2. The van der Waals surface area contributed by atoms with Crippen LogP contribution in [0.4, 0.5) is 0 Å². The summed E-state index contributed by atoms with van der Waals surface area (Å²) in [7, 11) is 0. The highest BCUT2D eigenvalue weighted by molar-refractivity contribution is 5.95. The minimum absolute atomic E-state index is 0.179. The van der Waals surface area contributed by atoms with Crippen molar-refractivity contribution in [1.29, 1.82) is 0 Å². The molecule has 2 unspecified atom stereocenters. The van der Waals surface area contributed by atoms with Crippen LogP contribution in [-0.4, -0.2) is 23.4 Å². The maximum atomic E-state index is 12.6. The van der Waals surface area contributed by atoms with Gasteiger partial charge in [0.1, 0.15) is 5.76 Å². The van der Waals surface area contributed by atoms with E-state index in [1.807, 2.05) is 13.0 Å². The van der Waals surface area contributed by atoms with Gasteiger partial charge < -0.3 is 9.32 Å². The molecule has 3 heteroatoms. The quantitative estimate of drug-likeness (QED) is 0.762. The lowest BCUT2D eigenvalue weighted by Crippen LogP contribution is -2.49. The number of piperidine rings is 1. The van der Waals surface area contributed by atoms with Crippen molar-refractivity contribution in [3.8, 4) is 0 Å². The van der Waals surface area contributed by atoms with Crippen LogP contribution >= 0.6 is 0 Å². The summed E-state index contributed by atoms with van der Waals surface area (Å²) >= 11 is 0. The van der Waals surface area contributed by atoms with E-state index in [2.05, 4.69) is 4.90 Å². The zero-order valence-electron chi connectivity index (χ0n) is 11.0. The molecule has 1 aliphatic heterocycles. The second kappa shape index (κ2) is 4.79. The van der Waals surface area contributed by atoms with Crippen LogP contribution in [0.25, 0.3) is 0 Å². The Kier molecular flexibility index (Phi) is 3.14. The summed E-state index contributed by atoms with van der Waals surface area (Å²) in [5.41, 5.74) is 0.751. The highest BCUT2D eigenvalue weighted by Crippen LogP contribution is 2.36. The van der Waals surface area contributed by atoms with E-state index >= 15 is 0 Å². The Morgan fingerprint density at radius 2 is 2.06 bits per heavy atom. The van der Waals surface area contributed by atoms with E-state index in [1.54, 1.807) is 6.26 Å². The van der Waals surface area contributed by atoms with Gasteiger partial charge in [-0.3, -0.25) is 4.79 Å². The first-order valence-electron chi connectivity index (χ1n) is 7.12. The van der Waals surface area contributed by atoms with Crippen LogP contribution < -0.4 is 0 Å². The molecule has 2 fully saturated rings. The van der Waals surface area contributed by atoms with Crippen molar-refractivity contribution >= 4 is 5.91 Å². The average Bonchev–Trinajstić information content (AvgIpc) is 2.83. The fourth-order valence-corrected chi connectivity index (χ4v) is 3.64. The topological polar surface area (TPSA) is 33.5 Å². The van der Waals surface area contributed by atoms with E-state index in [1.165, 1.54) is 32.1 Å². The van der Waals surface area contributed by atoms with Crippen molar-refractivity contribution in [3.05, 3.63) is 23.7 Å². The van der Waals surface area contributed by atoms with Gasteiger partial charge in [0.2, 0.25) is 0 Å². The maximum Gasteiger partial charge on any atom is 0.257 e. The Morgan fingerprint density at radius 1 is 1.28 bits per heavy atom. The van der Waals surface area contributed by atoms with Gasteiger partial charge in [-0.15, -0.1) is 0 Å². The third-order valence-electron chi connectivity index (χ3n) is 4.59. The number of rotatable bonds is 1. The van der Waals surface area contributed by atoms with Crippen LogP contribution in [0.3, 0.4) is 0 Å². The largest absolute Gasteiger partial charge is 0.469 e. The molecule has 1 amide bonds. The van der Waals surface area contributed by atoms with E-state index in [4.69, 9.17) is 4.42 Å². The van der Waals surface area contributed by atoms with Gasteiger partial charge in [0.05, 0.1) is 11.8 Å². The molecule has 2 atom stereocenters. The van der Waals surface area contributed by atoms with Crippen molar-refractivity contribution in [2.75, 3.05) is 6.54 Å². The van der Waals surface area contributed by atoms with Gasteiger partial charge in [-0.2, -0.15) is 0 Å². The zero-order valence-corrected chi connectivity index (χ0v) is 11.0. The molecule has 0 N–H and O–H groups in total. The molecule has 1 saturated heterocycles. The Hall–Kier alpha value is -1.25. The minimum Gasteiger partial charge on any atom is -0.469 e. The van der Waals surface area contributed by atoms with Crippen LogP contribution in [0, 0.1) is 12.8 Å². The average molecular weight is 247 g/mol. The SMILES string of the molecule is Cc1occc1C(=O)N1CCCC2CCCCC21. The Labute approximate surface area is 108 Å². The molecule has 1 aliphatic carbocycles. The highest BCUT2D eigenvalue weighted by Gasteiger charge is 2.36. The molecule has 2 heterocycles. The molecule has 3 rings (SSSR count). The molecule has 98 valence electrons. The van der Waals surface area contributed by atoms with E-state index in [0.29, 0.717) is 6.04 Å². The van der Waals surface area contributed by atoms with Crippen LogP contribution in [0.5, 0.6) is 0 Å². The second-order valence-corrected chi connectivity index (χ2v) is 5.64. The number of furan rings is 1. The van der Waals surface area contributed by atoms with Gasteiger partial charge in [0.25, 0.3) is 5.91 Å².